The molecule has 0 aliphatic heterocycles. The Balaban J connectivity index is 1.86. The summed E-state index contributed by atoms with van der Waals surface area (Å²) in [6.45, 7) is 9.11. The first-order chi connectivity index (χ1) is 21.5. The lowest BCUT2D eigenvalue weighted by atomic mass is 9.56. The van der Waals surface area contributed by atoms with Gasteiger partial charge >= 0.3 is 0 Å². The Morgan fingerprint density at radius 1 is 0.500 bits per heavy atom. The van der Waals surface area contributed by atoms with Crippen LogP contribution in [0.1, 0.15) is 207 Å². The van der Waals surface area contributed by atoms with E-state index < -0.39 is 10.8 Å². The molecule has 0 radical (unpaired) electrons. The molecule has 2 bridgehead atoms. The van der Waals surface area contributed by atoms with Gasteiger partial charge in [0, 0.05) is 11.3 Å². The van der Waals surface area contributed by atoms with E-state index in [-0.39, 0.29) is 11.3 Å². The molecule has 0 aromatic rings. The number of hydrogen-bond donors (Lipinski definition) is 0. The molecule has 0 aromatic heterocycles. The van der Waals surface area contributed by atoms with Crippen LogP contribution in [0.15, 0.2) is 23.8 Å². The van der Waals surface area contributed by atoms with E-state index in [4.69, 9.17) is 0 Å². The van der Waals surface area contributed by atoms with Gasteiger partial charge in [0.2, 0.25) is 0 Å². The van der Waals surface area contributed by atoms with Gasteiger partial charge in [-0.3, -0.25) is 9.59 Å². The van der Waals surface area contributed by atoms with Crippen molar-refractivity contribution in [2.75, 3.05) is 0 Å². The molecular formula is C42H72O2. The van der Waals surface area contributed by atoms with Crippen molar-refractivity contribution in [1.82, 2.24) is 0 Å². The van der Waals surface area contributed by atoms with Gasteiger partial charge in [-0.2, -0.15) is 0 Å². The molecule has 0 spiro atoms. The minimum atomic E-state index is -0.550. The Bertz CT molecular complexity index is 913. The second kappa shape index (κ2) is 19.5. The van der Waals surface area contributed by atoms with Crippen LogP contribution in [-0.4, -0.2) is 11.6 Å². The van der Waals surface area contributed by atoms with Crippen molar-refractivity contribution in [3.8, 4) is 0 Å². The van der Waals surface area contributed by atoms with Crippen LogP contribution in [0.25, 0.3) is 0 Å². The first kappa shape index (κ1) is 37.3. The molecule has 0 heterocycles. The summed E-state index contributed by atoms with van der Waals surface area (Å²) < 4.78 is 0. The van der Waals surface area contributed by atoms with E-state index in [1.807, 2.05) is 0 Å². The first-order valence-corrected chi connectivity index (χ1v) is 20.0. The van der Waals surface area contributed by atoms with Crippen molar-refractivity contribution in [2.24, 2.45) is 22.2 Å². The molecule has 1 saturated carbocycles. The average Bonchev–Trinajstić information content (AvgIpc) is 3.54. The number of carbonyl (C=O) groups is 2. The fourth-order valence-electron chi connectivity index (χ4n) is 9.50. The summed E-state index contributed by atoms with van der Waals surface area (Å²) in [4.78, 5) is 29.5. The fourth-order valence-corrected chi connectivity index (χ4v) is 9.50. The molecule has 1 fully saturated rings. The van der Waals surface area contributed by atoms with Gasteiger partial charge in [-0.25, -0.2) is 0 Å². The molecule has 2 heteroatoms. The molecule has 3 aliphatic carbocycles. The van der Waals surface area contributed by atoms with Crippen LogP contribution in [0.2, 0.25) is 0 Å². The van der Waals surface area contributed by atoms with Crippen molar-refractivity contribution in [3.05, 3.63) is 23.8 Å². The smallest absolute Gasteiger partial charge is 0.163 e. The lowest BCUT2D eigenvalue weighted by Crippen LogP contribution is -2.43. The Morgan fingerprint density at radius 3 is 1.45 bits per heavy atom. The number of hydrogen-bond acceptors (Lipinski definition) is 2. The molecule has 2 nitrogen and oxygen atoms in total. The van der Waals surface area contributed by atoms with E-state index in [2.05, 4.69) is 45.9 Å². The predicted molar refractivity (Wildman–Crippen MR) is 190 cm³/mol. The second-order valence-corrected chi connectivity index (χ2v) is 15.3. The normalized spacial score (nSPS) is 27.1. The van der Waals surface area contributed by atoms with Crippen LogP contribution in [0.5, 0.6) is 0 Å². The minimum Gasteiger partial charge on any atom is -0.298 e. The van der Waals surface area contributed by atoms with E-state index in [0.717, 1.165) is 56.9 Å². The van der Waals surface area contributed by atoms with Gasteiger partial charge in [0.25, 0.3) is 0 Å². The highest BCUT2D eigenvalue weighted by Gasteiger charge is 2.77. The topological polar surface area (TPSA) is 34.1 Å². The SMILES string of the molecule is CCCCCCCCC1=CC2(CCCCCCCC)C(C1=O)C1(CCCCCCCC)C=CC2(CCCCCCCC)C1=O. The molecule has 0 amide bonds. The van der Waals surface area contributed by atoms with Gasteiger partial charge in [0.1, 0.15) is 0 Å². The quantitative estimate of drug-likeness (QED) is 0.0654. The summed E-state index contributed by atoms with van der Waals surface area (Å²) in [5, 5.41) is 0. The number of unbranched alkanes of at least 4 members (excludes halogenated alkanes) is 20. The van der Waals surface area contributed by atoms with Gasteiger partial charge in [-0.05, 0) is 37.7 Å². The van der Waals surface area contributed by atoms with Gasteiger partial charge in [0.15, 0.2) is 11.6 Å². The third kappa shape index (κ3) is 8.59. The average molecular weight is 609 g/mol. The molecule has 252 valence electrons. The molecule has 4 unspecified atom stereocenters. The Morgan fingerprint density at radius 2 is 0.932 bits per heavy atom. The summed E-state index contributed by atoms with van der Waals surface area (Å²) in [5.74, 6) is 0.693. The van der Waals surface area contributed by atoms with E-state index in [9.17, 15) is 9.59 Å². The van der Waals surface area contributed by atoms with Crippen LogP contribution >= 0.6 is 0 Å². The van der Waals surface area contributed by atoms with Crippen LogP contribution in [0.3, 0.4) is 0 Å². The summed E-state index contributed by atoms with van der Waals surface area (Å²) in [7, 11) is 0. The van der Waals surface area contributed by atoms with Crippen molar-refractivity contribution >= 4 is 11.6 Å². The van der Waals surface area contributed by atoms with Crippen LogP contribution in [-0.2, 0) is 9.59 Å². The van der Waals surface area contributed by atoms with Crippen molar-refractivity contribution in [2.45, 2.75) is 207 Å². The maximum atomic E-state index is 14.9. The molecule has 0 aromatic carbocycles. The molecule has 3 aliphatic rings. The highest BCUT2D eigenvalue weighted by molar-refractivity contribution is 6.13. The van der Waals surface area contributed by atoms with Crippen LogP contribution < -0.4 is 0 Å². The van der Waals surface area contributed by atoms with Crippen molar-refractivity contribution < 1.29 is 9.59 Å². The maximum absolute atomic E-state index is 14.9. The van der Waals surface area contributed by atoms with Crippen molar-refractivity contribution in [3.63, 3.8) is 0 Å². The van der Waals surface area contributed by atoms with E-state index >= 15 is 0 Å². The number of fused-ring (bicyclic) bond motifs is 5. The lowest BCUT2D eigenvalue weighted by molar-refractivity contribution is -0.132. The zero-order chi connectivity index (χ0) is 31.7. The molecule has 3 rings (SSSR count). The Labute approximate surface area is 274 Å². The zero-order valence-corrected chi connectivity index (χ0v) is 29.9. The highest BCUT2D eigenvalue weighted by Crippen LogP contribution is 2.75. The number of Topliss-reactive ketones (excluding diaryl/α,β-unsaturated/α-hetero) is 2. The number of carbonyl (C=O) groups excluding carboxylic acids is 2. The molecule has 4 atom stereocenters. The predicted octanol–water partition coefficient (Wildman–Crippen LogP) is 13.2. The lowest BCUT2D eigenvalue weighted by Gasteiger charge is -2.44. The number of allylic oxidation sites excluding steroid dienone is 4. The molecular weight excluding hydrogens is 536 g/mol. The summed E-state index contributed by atoms with van der Waals surface area (Å²) in [6, 6.07) is 0. The Hall–Kier alpha value is -1.18. The summed E-state index contributed by atoms with van der Waals surface area (Å²) in [6.07, 6.45) is 41.0. The monoisotopic (exact) mass is 609 g/mol. The van der Waals surface area contributed by atoms with Crippen molar-refractivity contribution in [1.29, 1.82) is 0 Å². The largest absolute Gasteiger partial charge is 0.298 e. The fraction of sp³-hybridized carbons (Fsp3) is 0.857. The van der Waals surface area contributed by atoms with Gasteiger partial charge < -0.3 is 0 Å². The van der Waals surface area contributed by atoms with Crippen LogP contribution in [0.4, 0.5) is 0 Å². The van der Waals surface area contributed by atoms with E-state index in [1.54, 1.807) is 0 Å². The van der Waals surface area contributed by atoms with E-state index in [0.29, 0.717) is 11.6 Å². The van der Waals surface area contributed by atoms with Gasteiger partial charge in [0.05, 0.1) is 10.8 Å². The van der Waals surface area contributed by atoms with E-state index in [1.165, 1.54) is 128 Å². The van der Waals surface area contributed by atoms with Crippen LogP contribution in [0, 0.1) is 22.2 Å². The minimum absolute atomic E-state index is 0.131. The summed E-state index contributed by atoms with van der Waals surface area (Å²) in [5.41, 5.74) is -0.172. The molecule has 0 N–H and O–H groups in total. The summed E-state index contributed by atoms with van der Waals surface area (Å²) >= 11 is 0. The van der Waals surface area contributed by atoms with Gasteiger partial charge in [-0.1, -0.05) is 194 Å². The Kier molecular flexibility index (Phi) is 16.5. The second-order valence-electron chi connectivity index (χ2n) is 15.3. The highest BCUT2D eigenvalue weighted by atomic mass is 16.1. The maximum Gasteiger partial charge on any atom is 0.163 e. The first-order valence-electron chi connectivity index (χ1n) is 20.0. The zero-order valence-electron chi connectivity index (χ0n) is 29.9. The standard InChI is InChI=1S/C42H72O2/c1-5-9-13-17-21-25-29-36-35-42(32-28-24-20-16-12-8-4)38(37(36)43)40(30-26-22-18-14-10-6-2)33-34-41(42,39(40)44)31-27-23-19-15-11-7-3/h33-35,38H,5-32H2,1-4H3. The number of ketones is 2. The third-order valence-electron chi connectivity index (χ3n) is 12.0. The third-order valence-corrected chi connectivity index (χ3v) is 12.0. The molecule has 44 heavy (non-hydrogen) atoms. The molecule has 0 saturated heterocycles. The van der Waals surface area contributed by atoms with Gasteiger partial charge in [-0.15, -0.1) is 0 Å². The number of rotatable bonds is 28.